The zero-order chi connectivity index (χ0) is 17.1. The molecule has 5 heteroatoms. The summed E-state index contributed by atoms with van der Waals surface area (Å²) in [6.45, 7) is 4.50. The molecule has 1 fully saturated rings. The lowest BCUT2D eigenvalue weighted by atomic mass is 9.86. The highest BCUT2D eigenvalue weighted by atomic mass is 16.2. The number of rotatable bonds is 4. The molecule has 1 aromatic heterocycles. The van der Waals surface area contributed by atoms with Gasteiger partial charge in [-0.25, -0.2) is 4.98 Å². The fourth-order valence-corrected chi connectivity index (χ4v) is 3.53. The highest BCUT2D eigenvalue weighted by Crippen LogP contribution is 2.23. The van der Waals surface area contributed by atoms with Crippen molar-refractivity contribution in [2.75, 3.05) is 0 Å². The maximum absolute atomic E-state index is 12.5. The van der Waals surface area contributed by atoms with Crippen LogP contribution in [0.2, 0.25) is 0 Å². The average molecular weight is 327 g/mol. The standard InChI is InChI=1S/C19H25N3O2/c1-13-6-3-4-9-16(13)21-17(23)10-11-22-12-20-18-14(2)7-5-8-15(18)19(22)24/h5,7-8,12-13,16H,3-4,6,9-11H2,1-2H3,(H,21,23). The zero-order valence-corrected chi connectivity index (χ0v) is 14.4. The van der Waals surface area contributed by atoms with Crippen LogP contribution in [0, 0.1) is 12.8 Å². The first-order valence-electron chi connectivity index (χ1n) is 8.80. The molecule has 0 spiro atoms. The third kappa shape index (κ3) is 3.50. The number of carbonyl (C=O) groups is 1. The van der Waals surface area contributed by atoms with Gasteiger partial charge in [-0.1, -0.05) is 31.9 Å². The van der Waals surface area contributed by atoms with E-state index >= 15 is 0 Å². The largest absolute Gasteiger partial charge is 0.353 e. The fraction of sp³-hybridized carbons (Fsp3) is 0.526. The minimum absolute atomic E-state index is 0.0185. The number of hydrogen-bond donors (Lipinski definition) is 1. The molecule has 128 valence electrons. The SMILES string of the molecule is Cc1cccc2c(=O)n(CCC(=O)NC3CCCCC3C)cnc12. The van der Waals surface area contributed by atoms with Crippen LogP contribution in [0.3, 0.4) is 0 Å². The van der Waals surface area contributed by atoms with Crippen molar-refractivity contribution in [3.05, 3.63) is 40.4 Å². The van der Waals surface area contributed by atoms with Crippen LogP contribution in [-0.2, 0) is 11.3 Å². The maximum Gasteiger partial charge on any atom is 0.261 e. The van der Waals surface area contributed by atoms with Gasteiger partial charge in [0.2, 0.25) is 5.91 Å². The Hall–Kier alpha value is -2.17. The molecule has 24 heavy (non-hydrogen) atoms. The molecule has 1 heterocycles. The third-order valence-electron chi connectivity index (χ3n) is 5.09. The predicted molar refractivity (Wildman–Crippen MR) is 94.9 cm³/mol. The van der Waals surface area contributed by atoms with Gasteiger partial charge < -0.3 is 5.32 Å². The Morgan fingerprint density at radius 3 is 2.92 bits per heavy atom. The van der Waals surface area contributed by atoms with Crippen molar-refractivity contribution in [2.24, 2.45) is 5.92 Å². The van der Waals surface area contributed by atoms with E-state index in [2.05, 4.69) is 17.2 Å². The molecule has 1 saturated carbocycles. The number of hydrogen-bond acceptors (Lipinski definition) is 3. The van der Waals surface area contributed by atoms with Gasteiger partial charge in [-0.3, -0.25) is 14.2 Å². The van der Waals surface area contributed by atoms with Gasteiger partial charge >= 0.3 is 0 Å². The lowest BCUT2D eigenvalue weighted by molar-refractivity contribution is -0.122. The predicted octanol–water partition coefficient (Wildman–Crippen LogP) is 2.79. The Labute approximate surface area is 142 Å². The van der Waals surface area contributed by atoms with E-state index in [0.717, 1.165) is 17.5 Å². The van der Waals surface area contributed by atoms with E-state index in [0.29, 0.717) is 24.3 Å². The summed E-state index contributed by atoms with van der Waals surface area (Å²) < 4.78 is 1.53. The molecular formula is C19H25N3O2. The number of para-hydroxylation sites is 1. The molecule has 5 nitrogen and oxygen atoms in total. The Bertz CT molecular complexity index is 797. The van der Waals surface area contributed by atoms with Crippen LogP contribution < -0.4 is 10.9 Å². The number of aromatic nitrogens is 2. The molecule has 2 unspecified atom stereocenters. The van der Waals surface area contributed by atoms with Crippen LogP contribution in [0.1, 0.15) is 44.6 Å². The maximum atomic E-state index is 12.5. The van der Waals surface area contributed by atoms with Crippen LogP contribution in [0.25, 0.3) is 10.9 Å². The lowest BCUT2D eigenvalue weighted by Crippen LogP contribution is -2.41. The Morgan fingerprint density at radius 1 is 1.33 bits per heavy atom. The summed E-state index contributed by atoms with van der Waals surface area (Å²) in [5, 5.41) is 3.74. The van der Waals surface area contributed by atoms with Crippen LogP contribution in [-0.4, -0.2) is 21.5 Å². The number of aryl methyl sites for hydroxylation is 2. The molecule has 1 amide bonds. The second-order valence-electron chi connectivity index (χ2n) is 6.90. The Balaban J connectivity index is 1.66. The number of nitrogens with one attached hydrogen (secondary N) is 1. The van der Waals surface area contributed by atoms with Gasteiger partial charge in [0.05, 0.1) is 17.2 Å². The normalized spacial score (nSPS) is 20.9. The van der Waals surface area contributed by atoms with Gasteiger partial charge in [-0.15, -0.1) is 0 Å². The lowest BCUT2D eigenvalue weighted by Gasteiger charge is -2.29. The van der Waals surface area contributed by atoms with Crippen molar-refractivity contribution in [1.29, 1.82) is 0 Å². The molecule has 1 aliphatic carbocycles. The fourth-order valence-electron chi connectivity index (χ4n) is 3.53. The van der Waals surface area contributed by atoms with E-state index in [4.69, 9.17) is 0 Å². The van der Waals surface area contributed by atoms with Crippen LogP contribution in [0.5, 0.6) is 0 Å². The van der Waals surface area contributed by atoms with Crippen molar-refractivity contribution >= 4 is 16.8 Å². The smallest absolute Gasteiger partial charge is 0.261 e. The number of benzene rings is 1. The molecular weight excluding hydrogens is 302 g/mol. The Kier molecular flexibility index (Phi) is 4.97. The van der Waals surface area contributed by atoms with Gasteiger partial charge in [0.1, 0.15) is 0 Å². The highest BCUT2D eigenvalue weighted by molar-refractivity contribution is 5.80. The molecule has 0 aliphatic heterocycles. The van der Waals surface area contributed by atoms with Gasteiger partial charge in [-0.05, 0) is 37.3 Å². The summed E-state index contributed by atoms with van der Waals surface area (Å²) >= 11 is 0. The highest BCUT2D eigenvalue weighted by Gasteiger charge is 2.22. The first kappa shape index (κ1) is 16.7. The topological polar surface area (TPSA) is 64.0 Å². The summed E-state index contributed by atoms with van der Waals surface area (Å²) in [5.74, 6) is 0.556. The molecule has 3 rings (SSSR count). The van der Waals surface area contributed by atoms with Crippen LogP contribution >= 0.6 is 0 Å². The summed E-state index contributed by atoms with van der Waals surface area (Å²) in [6, 6.07) is 5.87. The van der Waals surface area contributed by atoms with Crippen molar-refractivity contribution in [1.82, 2.24) is 14.9 Å². The minimum Gasteiger partial charge on any atom is -0.353 e. The number of fused-ring (bicyclic) bond motifs is 1. The minimum atomic E-state index is -0.0810. The van der Waals surface area contributed by atoms with Gasteiger partial charge in [0.15, 0.2) is 0 Å². The molecule has 0 saturated heterocycles. The summed E-state index contributed by atoms with van der Waals surface area (Å²) in [5.41, 5.74) is 1.64. The first-order valence-corrected chi connectivity index (χ1v) is 8.80. The third-order valence-corrected chi connectivity index (χ3v) is 5.09. The molecule has 2 atom stereocenters. The monoisotopic (exact) mass is 327 g/mol. The number of amides is 1. The van der Waals surface area contributed by atoms with Gasteiger partial charge in [0.25, 0.3) is 5.56 Å². The van der Waals surface area contributed by atoms with Gasteiger partial charge in [0, 0.05) is 19.0 Å². The second-order valence-corrected chi connectivity index (χ2v) is 6.90. The summed E-state index contributed by atoms with van der Waals surface area (Å²) in [4.78, 5) is 29.1. The summed E-state index contributed by atoms with van der Waals surface area (Å²) in [7, 11) is 0. The van der Waals surface area contributed by atoms with E-state index in [1.807, 2.05) is 19.1 Å². The molecule has 1 N–H and O–H groups in total. The van der Waals surface area contributed by atoms with Gasteiger partial charge in [-0.2, -0.15) is 0 Å². The van der Waals surface area contributed by atoms with Crippen molar-refractivity contribution in [3.8, 4) is 0 Å². The second kappa shape index (κ2) is 7.16. The van der Waals surface area contributed by atoms with Crippen molar-refractivity contribution in [2.45, 2.75) is 58.5 Å². The summed E-state index contributed by atoms with van der Waals surface area (Å²) in [6.07, 6.45) is 6.53. The van der Waals surface area contributed by atoms with Crippen LogP contribution in [0.15, 0.2) is 29.3 Å². The molecule has 1 aromatic carbocycles. The van der Waals surface area contributed by atoms with E-state index < -0.39 is 0 Å². The first-order chi connectivity index (χ1) is 11.6. The van der Waals surface area contributed by atoms with E-state index in [1.165, 1.54) is 23.8 Å². The van der Waals surface area contributed by atoms with Crippen LogP contribution in [0.4, 0.5) is 0 Å². The zero-order valence-electron chi connectivity index (χ0n) is 14.4. The number of carbonyl (C=O) groups excluding carboxylic acids is 1. The van der Waals surface area contributed by atoms with E-state index in [1.54, 1.807) is 12.4 Å². The Morgan fingerprint density at radius 2 is 2.12 bits per heavy atom. The molecule has 0 radical (unpaired) electrons. The molecule has 1 aliphatic rings. The molecule has 0 bridgehead atoms. The quantitative estimate of drug-likeness (QED) is 0.939. The van der Waals surface area contributed by atoms with E-state index in [9.17, 15) is 9.59 Å². The van der Waals surface area contributed by atoms with Crippen molar-refractivity contribution < 1.29 is 4.79 Å². The van der Waals surface area contributed by atoms with Crippen molar-refractivity contribution in [3.63, 3.8) is 0 Å². The number of nitrogens with zero attached hydrogens (tertiary/aromatic N) is 2. The molecule has 2 aromatic rings. The average Bonchev–Trinajstić information content (AvgIpc) is 2.57. The van der Waals surface area contributed by atoms with E-state index in [-0.39, 0.29) is 17.5 Å².